The van der Waals surface area contributed by atoms with Crippen molar-refractivity contribution in [2.45, 2.75) is 13.5 Å². The maximum absolute atomic E-state index is 13.4. The Labute approximate surface area is 119 Å². The third-order valence-corrected chi connectivity index (χ3v) is 3.10. The minimum Gasteiger partial charge on any atom is -0.489 e. The van der Waals surface area contributed by atoms with Gasteiger partial charge in [-0.15, -0.1) is 0 Å². The predicted octanol–water partition coefficient (Wildman–Crippen LogP) is 3.64. The third kappa shape index (κ3) is 4.35. The van der Waals surface area contributed by atoms with Crippen LogP contribution < -0.4 is 4.74 Å². The molecule has 106 valence electrons. The number of rotatable bonds is 6. The summed E-state index contributed by atoms with van der Waals surface area (Å²) in [5, 5.41) is 0. The van der Waals surface area contributed by atoms with Crippen molar-refractivity contribution in [1.82, 2.24) is 4.90 Å². The lowest BCUT2D eigenvalue weighted by atomic mass is 10.1. The molecule has 0 aromatic heterocycles. The summed E-state index contributed by atoms with van der Waals surface area (Å²) in [5.41, 5.74) is 2.54. The molecule has 0 saturated carbocycles. The van der Waals surface area contributed by atoms with E-state index in [0.29, 0.717) is 12.4 Å². The lowest BCUT2D eigenvalue weighted by Crippen LogP contribution is -2.24. The van der Waals surface area contributed by atoms with Gasteiger partial charge in [0.2, 0.25) is 0 Å². The van der Waals surface area contributed by atoms with Crippen LogP contribution in [0.15, 0.2) is 48.5 Å². The highest BCUT2D eigenvalue weighted by molar-refractivity contribution is 5.23. The van der Waals surface area contributed by atoms with Gasteiger partial charge in [0.1, 0.15) is 6.61 Å². The molecular weight excluding hydrogens is 253 g/mol. The Balaban J connectivity index is 1.78. The SMILES string of the molecule is Cc1cccc(CN(C)CCOc2ccccc2F)c1. The van der Waals surface area contributed by atoms with E-state index in [4.69, 9.17) is 4.74 Å². The van der Waals surface area contributed by atoms with Crippen molar-refractivity contribution in [2.24, 2.45) is 0 Å². The first kappa shape index (κ1) is 14.5. The summed E-state index contributed by atoms with van der Waals surface area (Å²) in [7, 11) is 2.03. The normalized spacial score (nSPS) is 10.8. The Bertz CT molecular complexity index is 556. The van der Waals surface area contributed by atoms with Gasteiger partial charge < -0.3 is 4.74 Å². The van der Waals surface area contributed by atoms with Crippen LogP contribution >= 0.6 is 0 Å². The van der Waals surface area contributed by atoms with Gasteiger partial charge in [-0.25, -0.2) is 4.39 Å². The molecule has 0 bridgehead atoms. The van der Waals surface area contributed by atoms with E-state index >= 15 is 0 Å². The maximum atomic E-state index is 13.4. The second-order valence-corrected chi connectivity index (χ2v) is 5.01. The molecule has 2 aromatic carbocycles. The van der Waals surface area contributed by atoms with Crippen molar-refractivity contribution < 1.29 is 9.13 Å². The Morgan fingerprint density at radius 2 is 1.90 bits per heavy atom. The number of halogens is 1. The van der Waals surface area contributed by atoms with Crippen molar-refractivity contribution in [3.05, 3.63) is 65.5 Å². The van der Waals surface area contributed by atoms with E-state index < -0.39 is 0 Å². The summed E-state index contributed by atoms with van der Waals surface area (Å²) < 4.78 is 18.8. The number of ether oxygens (including phenoxy) is 1. The lowest BCUT2D eigenvalue weighted by molar-refractivity contribution is 0.226. The molecule has 0 fully saturated rings. The highest BCUT2D eigenvalue weighted by Crippen LogP contribution is 2.15. The number of aryl methyl sites for hydroxylation is 1. The minimum absolute atomic E-state index is 0.311. The fraction of sp³-hybridized carbons (Fsp3) is 0.294. The summed E-state index contributed by atoms with van der Waals surface area (Å²) in [5.74, 6) is 0.00490. The maximum Gasteiger partial charge on any atom is 0.165 e. The van der Waals surface area contributed by atoms with Crippen LogP contribution in [0.3, 0.4) is 0 Å². The van der Waals surface area contributed by atoms with E-state index in [2.05, 4.69) is 36.1 Å². The van der Waals surface area contributed by atoms with Gasteiger partial charge in [-0.2, -0.15) is 0 Å². The zero-order valence-electron chi connectivity index (χ0n) is 12.0. The molecule has 0 radical (unpaired) electrons. The molecule has 0 atom stereocenters. The van der Waals surface area contributed by atoms with Gasteiger partial charge in [0, 0.05) is 13.1 Å². The van der Waals surface area contributed by atoms with Crippen LogP contribution in [-0.2, 0) is 6.54 Å². The molecule has 0 saturated heterocycles. The van der Waals surface area contributed by atoms with E-state index in [1.54, 1.807) is 18.2 Å². The monoisotopic (exact) mass is 273 g/mol. The third-order valence-electron chi connectivity index (χ3n) is 3.10. The van der Waals surface area contributed by atoms with Crippen molar-refractivity contribution in [3.63, 3.8) is 0 Å². The molecule has 0 spiro atoms. The second-order valence-electron chi connectivity index (χ2n) is 5.01. The highest BCUT2D eigenvalue weighted by atomic mass is 19.1. The van der Waals surface area contributed by atoms with Gasteiger partial charge in [-0.05, 0) is 31.7 Å². The average Bonchev–Trinajstić information content (AvgIpc) is 2.41. The number of hydrogen-bond donors (Lipinski definition) is 0. The summed E-state index contributed by atoms with van der Waals surface area (Å²) in [6.45, 7) is 4.18. The van der Waals surface area contributed by atoms with Crippen LogP contribution in [0.5, 0.6) is 5.75 Å². The largest absolute Gasteiger partial charge is 0.489 e. The van der Waals surface area contributed by atoms with Gasteiger partial charge in [-0.3, -0.25) is 4.90 Å². The zero-order chi connectivity index (χ0) is 14.4. The predicted molar refractivity (Wildman–Crippen MR) is 79.4 cm³/mol. The number of benzene rings is 2. The molecule has 0 N–H and O–H groups in total. The highest BCUT2D eigenvalue weighted by Gasteiger charge is 2.04. The van der Waals surface area contributed by atoms with Crippen molar-refractivity contribution in [3.8, 4) is 5.75 Å². The van der Waals surface area contributed by atoms with Crippen LogP contribution in [0.25, 0.3) is 0 Å². The van der Waals surface area contributed by atoms with Crippen molar-refractivity contribution in [1.29, 1.82) is 0 Å². The van der Waals surface area contributed by atoms with Crippen LogP contribution in [0.4, 0.5) is 4.39 Å². The number of hydrogen-bond acceptors (Lipinski definition) is 2. The zero-order valence-corrected chi connectivity index (χ0v) is 12.0. The standard InChI is InChI=1S/C17H20FNO/c1-14-6-5-7-15(12-14)13-19(2)10-11-20-17-9-4-3-8-16(17)18/h3-9,12H,10-11,13H2,1-2H3. The topological polar surface area (TPSA) is 12.5 Å². The summed E-state index contributed by atoms with van der Waals surface area (Å²) >= 11 is 0. The minimum atomic E-state index is -0.311. The Morgan fingerprint density at radius 1 is 1.10 bits per heavy atom. The van der Waals surface area contributed by atoms with Gasteiger partial charge in [0.25, 0.3) is 0 Å². The second kappa shape index (κ2) is 7.06. The molecule has 20 heavy (non-hydrogen) atoms. The van der Waals surface area contributed by atoms with E-state index in [0.717, 1.165) is 13.1 Å². The number of nitrogens with zero attached hydrogens (tertiary/aromatic N) is 1. The van der Waals surface area contributed by atoms with E-state index in [1.807, 2.05) is 7.05 Å². The first-order valence-corrected chi connectivity index (χ1v) is 6.76. The molecule has 0 heterocycles. The smallest absolute Gasteiger partial charge is 0.165 e. The van der Waals surface area contributed by atoms with E-state index in [1.165, 1.54) is 17.2 Å². The van der Waals surface area contributed by atoms with Crippen molar-refractivity contribution in [2.75, 3.05) is 20.2 Å². The van der Waals surface area contributed by atoms with Crippen LogP contribution in [0.2, 0.25) is 0 Å². The van der Waals surface area contributed by atoms with Gasteiger partial charge in [-0.1, -0.05) is 42.0 Å². The van der Waals surface area contributed by atoms with Crippen LogP contribution in [-0.4, -0.2) is 25.1 Å². The lowest BCUT2D eigenvalue weighted by Gasteiger charge is -2.17. The first-order chi connectivity index (χ1) is 9.65. The van der Waals surface area contributed by atoms with Crippen LogP contribution in [0.1, 0.15) is 11.1 Å². The number of para-hydroxylation sites is 1. The Morgan fingerprint density at radius 3 is 2.65 bits per heavy atom. The quantitative estimate of drug-likeness (QED) is 0.796. The molecule has 2 nitrogen and oxygen atoms in total. The van der Waals surface area contributed by atoms with E-state index in [9.17, 15) is 4.39 Å². The molecule has 0 aliphatic heterocycles. The molecule has 0 aliphatic rings. The summed E-state index contributed by atoms with van der Waals surface area (Å²) in [6.07, 6.45) is 0. The van der Waals surface area contributed by atoms with Crippen LogP contribution in [0, 0.1) is 12.7 Å². The Hall–Kier alpha value is -1.87. The Kier molecular flexibility index (Phi) is 5.13. The average molecular weight is 273 g/mol. The summed E-state index contributed by atoms with van der Waals surface area (Å²) in [4.78, 5) is 2.16. The van der Waals surface area contributed by atoms with Crippen molar-refractivity contribution >= 4 is 0 Å². The molecular formula is C17H20FNO. The molecule has 0 amide bonds. The summed E-state index contributed by atoms with van der Waals surface area (Å²) in [6, 6.07) is 14.9. The van der Waals surface area contributed by atoms with Gasteiger partial charge in [0.15, 0.2) is 11.6 Å². The molecule has 3 heteroatoms. The first-order valence-electron chi connectivity index (χ1n) is 6.76. The molecule has 2 aromatic rings. The molecule has 2 rings (SSSR count). The van der Waals surface area contributed by atoms with E-state index in [-0.39, 0.29) is 5.82 Å². The van der Waals surface area contributed by atoms with Gasteiger partial charge in [0.05, 0.1) is 0 Å². The number of likely N-dealkylation sites (N-methyl/N-ethyl adjacent to an activating group) is 1. The van der Waals surface area contributed by atoms with Gasteiger partial charge >= 0.3 is 0 Å². The molecule has 0 unspecified atom stereocenters. The molecule has 0 aliphatic carbocycles. The fourth-order valence-corrected chi connectivity index (χ4v) is 2.07. The fourth-order valence-electron chi connectivity index (χ4n) is 2.07.